The zero-order chi connectivity index (χ0) is 16.3. The number of anilines is 1. The highest BCUT2D eigenvalue weighted by atomic mass is 16.5. The predicted octanol–water partition coefficient (Wildman–Crippen LogP) is 2.90. The maximum atomic E-state index is 11.9. The molecule has 1 aromatic heterocycles. The van der Waals surface area contributed by atoms with E-state index < -0.39 is 17.1 Å². The highest BCUT2D eigenvalue weighted by Crippen LogP contribution is 2.32. The number of nitrogens with one attached hydrogen (secondary N) is 1. The molecule has 0 aliphatic carbocycles. The number of nitrogens with zero attached hydrogens (tertiary/aromatic N) is 1. The van der Waals surface area contributed by atoms with Crippen LogP contribution in [0.1, 0.15) is 20.8 Å². The van der Waals surface area contributed by atoms with E-state index in [0.29, 0.717) is 22.8 Å². The molecule has 116 valence electrons. The predicted molar refractivity (Wildman–Crippen MR) is 81.6 cm³/mol. The fraction of sp³-hybridized carbons (Fsp3) is 0.312. The first-order valence-corrected chi connectivity index (χ1v) is 6.75. The van der Waals surface area contributed by atoms with Gasteiger partial charge in [-0.25, -0.2) is 4.98 Å². The third kappa shape index (κ3) is 3.33. The number of hydrogen-bond acceptors (Lipinski definition) is 5. The SMILES string of the molecule is COc1cc(NC(=O)C(=O)C(C)(C)C)ccc1-c1cnco1. The summed E-state index contributed by atoms with van der Waals surface area (Å²) in [6.45, 7) is 5.09. The molecule has 1 aromatic carbocycles. The number of Topliss-reactive ketones (excluding diaryl/α,β-unsaturated/α-hetero) is 1. The second-order valence-electron chi connectivity index (χ2n) is 5.81. The number of ketones is 1. The number of amides is 1. The van der Waals surface area contributed by atoms with Crippen molar-refractivity contribution in [3.63, 3.8) is 0 Å². The zero-order valence-electron chi connectivity index (χ0n) is 13.0. The number of rotatable bonds is 4. The van der Waals surface area contributed by atoms with Crippen LogP contribution in [0, 0.1) is 5.41 Å². The molecular weight excluding hydrogens is 284 g/mol. The first-order chi connectivity index (χ1) is 10.3. The maximum absolute atomic E-state index is 11.9. The van der Waals surface area contributed by atoms with Crippen LogP contribution >= 0.6 is 0 Å². The molecule has 0 fully saturated rings. The van der Waals surface area contributed by atoms with E-state index >= 15 is 0 Å². The third-order valence-electron chi connectivity index (χ3n) is 3.04. The van der Waals surface area contributed by atoms with E-state index in [1.807, 2.05) is 0 Å². The van der Waals surface area contributed by atoms with Crippen LogP contribution in [0.5, 0.6) is 5.75 Å². The number of carbonyl (C=O) groups is 2. The lowest BCUT2D eigenvalue weighted by molar-refractivity contribution is -0.139. The van der Waals surface area contributed by atoms with Crippen molar-refractivity contribution in [2.75, 3.05) is 12.4 Å². The molecule has 0 aliphatic rings. The van der Waals surface area contributed by atoms with E-state index in [-0.39, 0.29) is 0 Å². The standard InChI is InChI=1S/C16H18N2O4/c1-16(2,3)14(19)15(20)18-10-5-6-11(12(7-10)21-4)13-8-17-9-22-13/h5-9H,1-4H3,(H,18,20). The molecule has 6 heteroatoms. The number of oxazole rings is 1. The highest BCUT2D eigenvalue weighted by Gasteiger charge is 2.28. The summed E-state index contributed by atoms with van der Waals surface area (Å²) in [7, 11) is 1.51. The Labute approximate surface area is 128 Å². The highest BCUT2D eigenvalue weighted by molar-refractivity contribution is 6.42. The van der Waals surface area contributed by atoms with Gasteiger partial charge in [-0.1, -0.05) is 20.8 Å². The molecule has 0 atom stereocenters. The quantitative estimate of drug-likeness (QED) is 0.878. The van der Waals surface area contributed by atoms with E-state index in [4.69, 9.17) is 9.15 Å². The van der Waals surface area contributed by atoms with Crippen LogP contribution in [0.3, 0.4) is 0 Å². The van der Waals surface area contributed by atoms with Crippen molar-refractivity contribution in [3.05, 3.63) is 30.8 Å². The van der Waals surface area contributed by atoms with Crippen LogP contribution in [0.25, 0.3) is 11.3 Å². The van der Waals surface area contributed by atoms with E-state index in [2.05, 4.69) is 10.3 Å². The van der Waals surface area contributed by atoms with E-state index in [0.717, 1.165) is 0 Å². The van der Waals surface area contributed by atoms with Crippen LogP contribution in [-0.2, 0) is 9.59 Å². The number of hydrogen-bond donors (Lipinski definition) is 1. The van der Waals surface area contributed by atoms with Crippen LogP contribution in [-0.4, -0.2) is 23.8 Å². The summed E-state index contributed by atoms with van der Waals surface area (Å²) in [5.41, 5.74) is 0.455. The van der Waals surface area contributed by atoms with Gasteiger partial charge in [-0.05, 0) is 12.1 Å². The van der Waals surface area contributed by atoms with Crippen molar-refractivity contribution in [3.8, 4) is 17.1 Å². The fourth-order valence-corrected chi connectivity index (χ4v) is 1.85. The zero-order valence-corrected chi connectivity index (χ0v) is 13.0. The first kappa shape index (κ1) is 15.8. The summed E-state index contributed by atoms with van der Waals surface area (Å²) >= 11 is 0. The molecule has 1 amide bonds. The van der Waals surface area contributed by atoms with Gasteiger partial charge < -0.3 is 14.5 Å². The van der Waals surface area contributed by atoms with Gasteiger partial charge >= 0.3 is 0 Å². The van der Waals surface area contributed by atoms with Crippen LogP contribution in [0.4, 0.5) is 5.69 Å². The number of aromatic nitrogens is 1. The minimum Gasteiger partial charge on any atom is -0.496 e. The molecular formula is C16H18N2O4. The van der Waals surface area contributed by atoms with E-state index in [9.17, 15) is 9.59 Å². The van der Waals surface area contributed by atoms with Crippen molar-refractivity contribution in [1.29, 1.82) is 0 Å². The van der Waals surface area contributed by atoms with Crippen molar-refractivity contribution >= 4 is 17.4 Å². The molecule has 0 saturated carbocycles. The summed E-state index contributed by atoms with van der Waals surface area (Å²) in [5, 5.41) is 2.58. The molecule has 2 aromatic rings. The molecule has 6 nitrogen and oxygen atoms in total. The van der Waals surface area contributed by atoms with Gasteiger partial charge in [0.1, 0.15) is 5.75 Å². The molecule has 0 spiro atoms. The molecule has 0 unspecified atom stereocenters. The molecule has 0 aliphatic heterocycles. The van der Waals surface area contributed by atoms with E-state index in [1.165, 1.54) is 13.5 Å². The monoisotopic (exact) mass is 302 g/mol. The fourth-order valence-electron chi connectivity index (χ4n) is 1.85. The lowest BCUT2D eigenvalue weighted by Crippen LogP contribution is -2.33. The smallest absolute Gasteiger partial charge is 0.292 e. The number of methoxy groups -OCH3 is 1. The summed E-state index contributed by atoms with van der Waals surface area (Å²) in [6.07, 6.45) is 2.89. The molecule has 22 heavy (non-hydrogen) atoms. The Hall–Kier alpha value is -2.63. The Bertz CT molecular complexity index is 685. The van der Waals surface area contributed by atoms with Crippen molar-refractivity contribution in [2.45, 2.75) is 20.8 Å². The van der Waals surface area contributed by atoms with E-state index in [1.54, 1.807) is 45.2 Å². The summed E-state index contributed by atoms with van der Waals surface area (Å²) in [4.78, 5) is 27.7. The minimum atomic E-state index is -0.728. The van der Waals surface area contributed by atoms with Crippen LogP contribution in [0.2, 0.25) is 0 Å². The van der Waals surface area contributed by atoms with Gasteiger partial charge in [0.05, 0.1) is 18.9 Å². The Balaban J connectivity index is 2.24. The maximum Gasteiger partial charge on any atom is 0.292 e. The van der Waals surface area contributed by atoms with Crippen LogP contribution < -0.4 is 10.1 Å². The molecule has 0 radical (unpaired) electrons. The van der Waals surface area contributed by atoms with Gasteiger partial charge in [0.15, 0.2) is 12.2 Å². The first-order valence-electron chi connectivity index (χ1n) is 6.75. The van der Waals surface area contributed by atoms with Crippen molar-refractivity contribution < 1.29 is 18.7 Å². The molecule has 0 bridgehead atoms. The average Bonchev–Trinajstić information content (AvgIpc) is 2.99. The van der Waals surface area contributed by atoms with Gasteiger partial charge in [0.2, 0.25) is 5.78 Å². The Morgan fingerprint density at radius 2 is 2.00 bits per heavy atom. The summed E-state index contributed by atoms with van der Waals surface area (Å²) < 4.78 is 10.5. The summed E-state index contributed by atoms with van der Waals surface area (Å²) in [5.74, 6) is -0.0639. The normalized spacial score (nSPS) is 11.1. The van der Waals surface area contributed by atoms with Crippen molar-refractivity contribution in [2.24, 2.45) is 5.41 Å². The Morgan fingerprint density at radius 3 is 2.55 bits per heavy atom. The largest absolute Gasteiger partial charge is 0.496 e. The second-order valence-corrected chi connectivity index (χ2v) is 5.81. The molecule has 1 heterocycles. The van der Waals surface area contributed by atoms with Gasteiger partial charge in [-0.3, -0.25) is 9.59 Å². The van der Waals surface area contributed by atoms with Crippen molar-refractivity contribution in [1.82, 2.24) is 4.98 Å². The third-order valence-corrected chi connectivity index (χ3v) is 3.04. The van der Waals surface area contributed by atoms with Gasteiger partial charge in [0, 0.05) is 17.2 Å². The molecule has 2 rings (SSSR count). The summed E-state index contributed by atoms with van der Waals surface area (Å²) in [6, 6.07) is 5.04. The molecule has 1 N–H and O–H groups in total. The van der Waals surface area contributed by atoms with Gasteiger partial charge in [-0.2, -0.15) is 0 Å². The number of ether oxygens (including phenoxy) is 1. The second kappa shape index (κ2) is 6.01. The Morgan fingerprint density at radius 1 is 1.27 bits per heavy atom. The Kier molecular flexibility index (Phi) is 4.30. The van der Waals surface area contributed by atoms with Crippen LogP contribution in [0.15, 0.2) is 35.2 Å². The number of carbonyl (C=O) groups excluding carboxylic acids is 2. The average molecular weight is 302 g/mol. The lowest BCUT2D eigenvalue weighted by Gasteiger charge is -2.16. The van der Waals surface area contributed by atoms with Gasteiger partial charge in [-0.15, -0.1) is 0 Å². The number of benzene rings is 1. The van der Waals surface area contributed by atoms with Gasteiger partial charge in [0.25, 0.3) is 5.91 Å². The lowest BCUT2D eigenvalue weighted by atomic mass is 9.90. The minimum absolute atomic E-state index is 0.475. The molecule has 0 saturated heterocycles. The topological polar surface area (TPSA) is 81.4 Å².